The smallest absolute Gasteiger partial charge is 0.371 e. The number of ether oxygens (including phenoxy) is 2. The first-order valence-electron chi connectivity index (χ1n) is 8.39. The van der Waals surface area contributed by atoms with E-state index in [2.05, 4.69) is 20.3 Å². The minimum absolute atomic E-state index is 0.0636. The highest BCUT2D eigenvalue weighted by atomic mass is 32.2. The van der Waals surface area contributed by atoms with E-state index in [-0.39, 0.29) is 22.4 Å². The van der Waals surface area contributed by atoms with E-state index in [0.29, 0.717) is 17.1 Å². The number of thioether (sulfide) groups is 1. The van der Waals surface area contributed by atoms with Gasteiger partial charge in [-0.15, -0.1) is 5.10 Å². The molecule has 1 aromatic carbocycles. The lowest BCUT2D eigenvalue weighted by Gasteiger charge is -2.04. The van der Waals surface area contributed by atoms with Crippen LogP contribution in [0.15, 0.2) is 62.0 Å². The summed E-state index contributed by atoms with van der Waals surface area (Å²) >= 11 is 0.969. The standard InChI is InChI=1S/C19H15N3O7S/c1-27-16(23)8-15-17(24)21-19(30-15)22-20-9-11-3-2-4-12(7-11)28-10-13-5-6-14(29-13)18(25)26/h2-9H,10H2,1H3,(H,25,26)(H,21,22,24)/b15-8+,20-9?. The second kappa shape index (κ2) is 9.56. The number of amides is 1. The van der Waals surface area contributed by atoms with Crippen LogP contribution in [0.3, 0.4) is 0 Å². The Morgan fingerprint density at radius 2 is 2.13 bits per heavy atom. The molecule has 11 heteroatoms. The van der Waals surface area contributed by atoms with Gasteiger partial charge in [0.25, 0.3) is 5.91 Å². The van der Waals surface area contributed by atoms with Crippen molar-refractivity contribution in [3.63, 3.8) is 0 Å². The van der Waals surface area contributed by atoms with E-state index in [0.717, 1.165) is 17.8 Å². The fourth-order valence-electron chi connectivity index (χ4n) is 2.20. The van der Waals surface area contributed by atoms with Crippen LogP contribution < -0.4 is 10.1 Å². The summed E-state index contributed by atoms with van der Waals surface area (Å²) in [7, 11) is 1.22. The Bertz CT molecular complexity index is 1070. The molecule has 2 aromatic rings. The number of carboxylic acid groups (broad SMARTS) is 1. The Morgan fingerprint density at radius 3 is 2.87 bits per heavy atom. The zero-order chi connectivity index (χ0) is 21.5. The van der Waals surface area contributed by atoms with Crippen molar-refractivity contribution in [2.45, 2.75) is 6.61 Å². The molecule has 0 radical (unpaired) electrons. The molecule has 2 N–H and O–H groups in total. The van der Waals surface area contributed by atoms with Crippen molar-refractivity contribution >= 4 is 41.0 Å². The summed E-state index contributed by atoms with van der Waals surface area (Å²) in [4.78, 5) is 33.9. The molecule has 0 saturated carbocycles. The number of aromatic carboxylic acids is 1. The molecule has 30 heavy (non-hydrogen) atoms. The van der Waals surface area contributed by atoms with Gasteiger partial charge in [-0.05, 0) is 41.6 Å². The summed E-state index contributed by atoms with van der Waals surface area (Å²) in [6, 6.07) is 9.83. The minimum atomic E-state index is -1.15. The molecule has 1 saturated heterocycles. The van der Waals surface area contributed by atoms with Gasteiger partial charge < -0.3 is 19.0 Å². The number of carboxylic acids is 1. The largest absolute Gasteiger partial charge is 0.486 e. The Labute approximate surface area is 174 Å². The van der Waals surface area contributed by atoms with Gasteiger partial charge in [0.1, 0.15) is 18.1 Å². The fraction of sp³-hybridized carbons (Fsp3) is 0.105. The van der Waals surface area contributed by atoms with Gasteiger partial charge in [0, 0.05) is 6.08 Å². The molecule has 1 aliphatic heterocycles. The average Bonchev–Trinajstić information content (AvgIpc) is 3.34. The summed E-state index contributed by atoms with van der Waals surface area (Å²) in [5, 5.41) is 19.4. The highest BCUT2D eigenvalue weighted by molar-refractivity contribution is 8.18. The van der Waals surface area contributed by atoms with Crippen LogP contribution in [0.25, 0.3) is 0 Å². The van der Waals surface area contributed by atoms with Crippen LogP contribution in [0.4, 0.5) is 0 Å². The summed E-state index contributed by atoms with van der Waals surface area (Å²) in [5.41, 5.74) is 0.683. The molecule has 1 aromatic heterocycles. The number of nitrogens with zero attached hydrogens (tertiary/aromatic N) is 2. The number of amidine groups is 1. The maximum atomic E-state index is 11.7. The molecular formula is C19H15N3O7S. The van der Waals surface area contributed by atoms with Gasteiger partial charge in [-0.3, -0.25) is 10.1 Å². The van der Waals surface area contributed by atoms with Crippen LogP contribution in [0.2, 0.25) is 0 Å². The number of methoxy groups -OCH3 is 1. The first-order chi connectivity index (χ1) is 14.4. The predicted molar refractivity (Wildman–Crippen MR) is 107 cm³/mol. The maximum absolute atomic E-state index is 11.7. The van der Waals surface area contributed by atoms with Crippen LogP contribution in [0, 0.1) is 0 Å². The molecular weight excluding hydrogens is 414 g/mol. The van der Waals surface area contributed by atoms with E-state index in [4.69, 9.17) is 14.3 Å². The quantitative estimate of drug-likeness (QED) is 0.295. The van der Waals surface area contributed by atoms with Crippen molar-refractivity contribution in [2.75, 3.05) is 7.11 Å². The van der Waals surface area contributed by atoms with Crippen molar-refractivity contribution in [3.8, 4) is 5.75 Å². The second-order valence-electron chi connectivity index (χ2n) is 5.67. The third kappa shape index (κ3) is 5.58. The minimum Gasteiger partial charge on any atom is -0.486 e. The normalized spacial score (nSPS) is 16.2. The zero-order valence-electron chi connectivity index (χ0n) is 15.5. The van der Waals surface area contributed by atoms with Gasteiger partial charge in [-0.1, -0.05) is 12.1 Å². The molecule has 154 valence electrons. The number of carbonyl (C=O) groups excluding carboxylic acids is 2. The highest BCUT2D eigenvalue weighted by Crippen LogP contribution is 2.23. The van der Waals surface area contributed by atoms with Crippen molar-refractivity contribution in [3.05, 3.63) is 64.5 Å². The SMILES string of the molecule is COC(=O)/C=C1/S/C(=N\N=Cc2cccc(OCc3ccc(C(=O)O)o3)c2)NC1=O. The molecule has 0 atom stereocenters. The Hall–Kier alpha value is -3.86. The summed E-state index contributed by atoms with van der Waals surface area (Å²) in [5.74, 6) is -1.50. The Balaban J connectivity index is 1.59. The van der Waals surface area contributed by atoms with E-state index in [9.17, 15) is 14.4 Å². The fourth-order valence-corrected chi connectivity index (χ4v) is 2.94. The molecule has 0 spiro atoms. The van der Waals surface area contributed by atoms with E-state index in [1.165, 1.54) is 25.5 Å². The number of hydrogen-bond acceptors (Lipinski definition) is 9. The van der Waals surface area contributed by atoms with Crippen LogP contribution in [-0.4, -0.2) is 41.4 Å². The number of hydrogen-bond donors (Lipinski definition) is 2. The number of carbonyl (C=O) groups is 3. The monoisotopic (exact) mass is 429 g/mol. The summed E-state index contributed by atoms with van der Waals surface area (Å²) < 4.78 is 15.2. The lowest BCUT2D eigenvalue weighted by atomic mass is 10.2. The first kappa shape index (κ1) is 20.9. The first-order valence-corrected chi connectivity index (χ1v) is 9.21. The molecule has 3 rings (SSSR count). The topological polar surface area (TPSA) is 140 Å². The van der Waals surface area contributed by atoms with E-state index in [1.54, 1.807) is 24.3 Å². The van der Waals surface area contributed by atoms with E-state index < -0.39 is 17.8 Å². The van der Waals surface area contributed by atoms with Crippen molar-refractivity contribution in [1.29, 1.82) is 0 Å². The zero-order valence-corrected chi connectivity index (χ0v) is 16.3. The summed E-state index contributed by atoms with van der Waals surface area (Å²) in [6.07, 6.45) is 2.54. The number of nitrogens with one attached hydrogen (secondary N) is 1. The average molecular weight is 429 g/mol. The molecule has 1 fully saturated rings. The van der Waals surface area contributed by atoms with Gasteiger partial charge in [0.2, 0.25) is 5.76 Å². The molecule has 2 heterocycles. The van der Waals surface area contributed by atoms with E-state index >= 15 is 0 Å². The van der Waals surface area contributed by atoms with Gasteiger partial charge in [-0.2, -0.15) is 5.10 Å². The van der Waals surface area contributed by atoms with Crippen molar-refractivity contribution in [2.24, 2.45) is 10.2 Å². The van der Waals surface area contributed by atoms with Crippen LogP contribution in [-0.2, 0) is 20.9 Å². The number of rotatable bonds is 7. The van der Waals surface area contributed by atoms with Crippen LogP contribution >= 0.6 is 11.8 Å². The van der Waals surface area contributed by atoms with Gasteiger partial charge in [0.05, 0.1) is 18.2 Å². The third-order valence-corrected chi connectivity index (χ3v) is 4.47. The summed E-state index contributed by atoms with van der Waals surface area (Å²) in [6.45, 7) is 0.0636. The lowest BCUT2D eigenvalue weighted by molar-refractivity contribution is -0.135. The Morgan fingerprint density at radius 1 is 1.30 bits per heavy atom. The Kier molecular flexibility index (Phi) is 6.65. The van der Waals surface area contributed by atoms with Crippen LogP contribution in [0.5, 0.6) is 5.75 Å². The number of benzene rings is 1. The number of esters is 1. The second-order valence-corrected chi connectivity index (χ2v) is 6.70. The predicted octanol–water partition coefficient (Wildman–Crippen LogP) is 2.17. The van der Waals surface area contributed by atoms with Gasteiger partial charge in [-0.25, -0.2) is 9.59 Å². The molecule has 10 nitrogen and oxygen atoms in total. The molecule has 0 bridgehead atoms. The van der Waals surface area contributed by atoms with Gasteiger partial charge in [0.15, 0.2) is 5.17 Å². The van der Waals surface area contributed by atoms with Crippen molar-refractivity contribution in [1.82, 2.24) is 5.32 Å². The van der Waals surface area contributed by atoms with E-state index in [1.807, 2.05) is 0 Å². The molecule has 0 unspecified atom stereocenters. The molecule has 1 aliphatic rings. The third-order valence-electron chi connectivity index (χ3n) is 3.57. The van der Waals surface area contributed by atoms with Gasteiger partial charge >= 0.3 is 11.9 Å². The highest BCUT2D eigenvalue weighted by Gasteiger charge is 2.25. The lowest BCUT2D eigenvalue weighted by Crippen LogP contribution is -2.19. The molecule has 1 amide bonds. The van der Waals surface area contributed by atoms with Crippen LogP contribution in [0.1, 0.15) is 21.9 Å². The van der Waals surface area contributed by atoms with Crippen molar-refractivity contribution < 1.29 is 33.4 Å². The number of furan rings is 1. The molecule has 0 aliphatic carbocycles. The maximum Gasteiger partial charge on any atom is 0.371 e.